The molecule has 0 bridgehead atoms. The molecular formula is C15H23FN2O2. The summed E-state index contributed by atoms with van der Waals surface area (Å²) in [5.41, 5.74) is 0.211. The third kappa shape index (κ3) is 3.16. The Morgan fingerprint density at radius 2 is 2.20 bits per heavy atom. The maximum atomic E-state index is 14.1. The van der Waals surface area contributed by atoms with E-state index in [9.17, 15) is 4.39 Å². The van der Waals surface area contributed by atoms with Crippen molar-refractivity contribution < 1.29 is 13.9 Å². The Bertz CT molecular complexity index is 417. The quantitative estimate of drug-likeness (QED) is 0.870. The highest BCUT2D eigenvalue weighted by atomic mass is 19.1. The minimum atomic E-state index is -0.412. The normalized spacial score (nSPS) is 19.8. The Balaban J connectivity index is 2.36. The fourth-order valence-electron chi connectivity index (χ4n) is 2.92. The van der Waals surface area contributed by atoms with E-state index in [2.05, 4.69) is 10.3 Å². The smallest absolute Gasteiger partial charge is 0.146 e. The number of nitrogens with one attached hydrogen (secondary N) is 1. The van der Waals surface area contributed by atoms with Crippen LogP contribution in [0.3, 0.4) is 0 Å². The third-order valence-corrected chi connectivity index (χ3v) is 3.82. The van der Waals surface area contributed by atoms with E-state index in [1.807, 2.05) is 13.8 Å². The van der Waals surface area contributed by atoms with E-state index in [-0.39, 0.29) is 11.9 Å². The van der Waals surface area contributed by atoms with E-state index in [0.717, 1.165) is 19.4 Å². The molecule has 20 heavy (non-hydrogen) atoms. The van der Waals surface area contributed by atoms with Crippen LogP contribution in [0.2, 0.25) is 0 Å². The van der Waals surface area contributed by atoms with Gasteiger partial charge in [0.2, 0.25) is 0 Å². The molecule has 1 fully saturated rings. The van der Waals surface area contributed by atoms with E-state index in [1.165, 1.54) is 6.20 Å². The Hall–Kier alpha value is -1.04. The molecule has 5 heteroatoms. The average Bonchev–Trinajstić information content (AvgIpc) is 2.47. The summed E-state index contributed by atoms with van der Waals surface area (Å²) in [6.45, 7) is 6.65. The van der Waals surface area contributed by atoms with Crippen LogP contribution in [0.5, 0.6) is 0 Å². The summed E-state index contributed by atoms with van der Waals surface area (Å²) in [5, 5.41) is 3.39. The van der Waals surface area contributed by atoms with Crippen LogP contribution in [0.1, 0.15) is 38.3 Å². The fraction of sp³-hybridized carbons (Fsp3) is 0.667. The van der Waals surface area contributed by atoms with Crippen molar-refractivity contribution in [3.63, 3.8) is 0 Å². The van der Waals surface area contributed by atoms with Gasteiger partial charge in [-0.1, -0.05) is 6.92 Å². The summed E-state index contributed by atoms with van der Waals surface area (Å²) in [5.74, 6) is -0.288. The van der Waals surface area contributed by atoms with Crippen molar-refractivity contribution in [1.82, 2.24) is 10.3 Å². The molecule has 0 amide bonds. The first-order chi connectivity index (χ1) is 9.73. The SMILES string of the molecule is CCNC(c1ccncc1F)C1(OCC)CCOCC1. The molecule has 0 aromatic carbocycles. The Kier molecular flexibility index (Phi) is 5.46. The van der Waals surface area contributed by atoms with Crippen LogP contribution in [-0.2, 0) is 9.47 Å². The van der Waals surface area contributed by atoms with Crippen LogP contribution in [0, 0.1) is 5.82 Å². The van der Waals surface area contributed by atoms with Gasteiger partial charge in [-0.3, -0.25) is 4.98 Å². The zero-order valence-electron chi connectivity index (χ0n) is 12.2. The molecule has 1 aliphatic rings. The minimum Gasteiger partial charge on any atom is -0.381 e. The van der Waals surface area contributed by atoms with Crippen LogP contribution in [0.4, 0.5) is 4.39 Å². The molecule has 0 spiro atoms. The minimum absolute atomic E-state index is 0.181. The lowest BCUT2D eigenvalue weighted by molar-refractivity contribution is -0.128. The lowest BCUT2D eigenvalue weighted by Crippen LogP contribution is -2.50. The van der Waals surface area contributed by atoms with E-state index in [1.54, 1.807) is 12.3 Å². The molecular weight excluding hydrogens is 259 g/mol. The second-order valence-corrected chi connectivity index (χ2v) is 5.00. The molecule has 2 heterocycles. The van der Waals surface area contributed by atoms with Gasteiger partial charge in [0.15, 0.2) is 0 Å². The van der Waals surface area contributed by atoms with Gasteiger partial charge in [-0.25, -0.2) is 4.39 Å². The molecule has 4 nitrogen and oxygen atoms in total. The highest BCUT2D eigenvalue weighted by Gasteiger charge is 2.42. The van der Waals surface area contributed by atoms with E-state index >= 15 is 0 Å². The van der Waals surface area contributed by atoms with Crippen LogP contribution in [0.15, 0.2) is 18.5 Å². The van der Waals surface area contributed by atoms with Crippen molar-refractivity contribution in [3.05, 3.63) is 29.8 Å². The second kappa shape index (κ2) is 7.11. The zero-order valence-corrected chi connectivity index (χ0v) is 12.2. The first-order valence-electron chi connectivity index (χ1n) is 7.28. The first-order valence-corrected chi connectivity index (χ1v) is 7.28. The lowest BCUT2D eigenvalue weighted by atomic mass is 9.82. The van der Waals surface area contributed by atoms with Crippen molar-refractivity contribution in [2.75, 3.05) is 26.4 Å². The standard InChI is InChI=1S/C15H23FN2O2/c1-3-18-14(12-5-8-17-11-13(12)16)15(20-4-2)6-9-19-10-7-15/h5,8,11,14,18H,3-4,6-7,9-10H2,1-2H3. The summed E-state index contributed by atoms with van der Waals surface area (Å²) in [7, 11) is 0. The fourth-order valence-corrected chi connectivity index (χ4v) is 2.92. The maximum Gasteiger partial charge on any atom is 0.146 e. The Morgan fingerprint density at radius 1 is 1.45 bits per heavy atom. The van der Waals surface area contributed by atoms with Crippen molar-refractivity contribution in [3.8, 4) is 0 Å². The molecule has 1 aromatic heterocycles. The van der Waals surface area contributed by atoms with Gasteiger partial charge in [-0.05, 0) is 19.5 Å². The molecule has 112 valence electrons. The third-order valence-electron chi connectivity index (χ3n) is 3.82. The molecule has 1 aromatic rings. The highest BCUT2D eigenvalue weighted by Crippen LogP contribution is 2.38. The van der Waals surface area contributed by atoms with Gasteiger partial charge in [0, 0.05) is 44.4 Å². The van der Waals surface area contributed by atoms with Crippen LogP contribution in [-0.4, -0.2) is 37.0 Å². The Morgan fingerprint density at radius 3 is 2.80 bits per heavy atom. The van der Waals surface area contributed by atoms with E-state index < -0.39 is 5.60 Å². The summed E-state index contributed by atoms with van der Waals surface area (Å²) in [4.78, 5) is 3.83. The molecule has 1 unspecified atom stereocenters. The van der Waals surface area contributed by atoms with Gasteiger partial charge >= 0.3 is 0 Å². The number of halogens is 1. The van der Waals surface area contributed by atoms with Crippen molar-refractivity contribution >= 4 is 0 Å². The predicted octanol–water partition coefficient (Wildman–Crippen LogP) is 2.46. The Labute approximate surface area is 119 Å². The van der Waals surface area contributed by atoms with Gasteiger partial charge < -0.3 is 14.8 Å². The topological polar surface area (TPSA) is 43.4 Å². The number of pyridine rings is 1. The van der Waals surface area contributed by atoms with Gasteiger partial charge in [0.25, 0.3) is 0 Å². The highest BCUT2D eigenvalue weighted by molar-refractivity contribution is 5.22. The first kappa shape index (κ1) is 15.4. The van der Waals surface area contributed by atoms with E-state index in [0.29, 0.717) is 25.4 Å². The van der Waals surface area contributed by atoms with Crippen LogP contribution in [0.25, 0.3) is 0 Å². The van der Waals surface area contributed by atoms with Crippen LogP contribution >= 0.6 is 0 Å². The monoisotopic (exact) mass is 282 g/mol. The van der Waals surface area contributed by atoms with Gasteiger partial charge in [0.1, 0.15) is 5.82 Å². The van der Waals surface area contributed by atoms with Crippen molar-refractivity contribution in [2.45, 2.75) is 38.3 Å². The molecule has 0 radical (unpaired) electrons. The predicted molar refractivity (Wildman–Crippen MR) is 75.0 cm³/mol. The zero-order chi connectivity index (χ0) is 14.4. The van der Waals surface area contributed by atoms with Gasteiger partial charge in [0.05, 0.1) is 17.8 Å². The van der Waals surface area contributed by atoms with Crippen LogP contribution < -0.4 is 5.32 Å². The van der Waals surface area contributed by atoms with Crippen molar-refractivity contribution in [1.29, 1.82) is 0 Å². The van der Waals surface area contributed by atoms with Gasteiger partial charge in [-0.15, -0.1) is 0 Å². The molecule has 1 atom stereocenters. The number of rotatable bonds is 6. The van der Waals surface area contributed by atoms with Gasteiger partial charge in [-0.2, -0.15) is 0 Å². The number of likely N-dealkylation sites (N-methyl/N-ethyl adjacent to an activating group) is 1. The van der Waals surface area contributed by atoms with E-state index in [4.69, 9.17) is 9.47 Å². The largest absolute Gasteiger partial charge is 0.381 e. The molecule has 0 saturated carbocycles. The van der Waals surface area contributed by atoms with Crippen molar-refractivity contribution in [2.24, 2.45) is 0 Å². The summed E-state index contributed by atoms with van der Waals surface area (Å²) < 4.78 is 25.7. The molecule has 1 saturated heterocycles. The number of nitrogens with zero attached hydrogens (tertiary/aromatic N) is 1. The molecule has 0 aliphatic carbocycles. The molecule has 1 N–H and O–H groups in total. The molecule has 2 rings (SSSR count). The lowest BCUT2D eigenvalue weighted by Gasteiger charge is -2.43. The average molecular weight is 282 g/mol. The number of hydrogen-bond acceptors (Lipinski definition) is 4. The number of hydrogen-bond donors (Lipinski definition) is 1. The number of ether oxygens (including phenoxy) is 2. The second-order valence-electron chi connectivity index (χ2n) is 5.00. The number of aromatic nitrogens is 1. The summed E-state index contributed by atoms with van der Waals surface area (Å²) in [6, 6.07) is 1.55. The summed E-state index contributed by atoms with van der Waals surface area (Å²) in [6.07, 6.45) is 4.42. The summed E-state index contributed by atoms with van der Waals surface area (Å²) >= 11 is 0. The molecule has 1 aliphatic heterocycles. The maximum absolute atomic E-state index is 14.1.